The number of rotatable bonds is 6. The lowest BCUT2D eigenvalue weighted by Crippen LogP contribution is -2.20. The second-order valence-electron chi connectivity index (χ2n) is 5.01. The number of amides is 1. The summed E-state index contributed by atoms with van der Waals surface area (Å²) < 4.78 is 28.2. The van der Waals surface area contributed by atoms with Crippen molar-refractivity contribution >= 4 is 38.7 Å². The predicted molar refractivity (Wildman–Crippen MR) is 91.8 cm³/mol. The van der Waals surface area contributed by atoms with Crippen molar-refractivity contribution in [2.45, 2.75) is 4.90 Å². The van der Waals surface area contributed by atoms with Gasteiger partial charge in [-0.2, -0.15) is 0 Å². The smallest absolute Gasteiger partial charge is 0.271 e. The van der Waals surface area contributed by atoms with Crippen LogP contribution in [-0.4, -0.2) is 32.1 Å². The minimum Gasteiger partial charge on any atom is -0.482 e. The van der Waals surface area contributed by atoms with Crippen molar-refractivity contribution < 1.29 is 22.9 Å². The number of nitro benzene ring substituents is 1. The number of anilines is 1. The molecule has 0 saturated carbocycles. The van der Waals surface area contributed by atoms with Gasteiger partial charge in [0.05, 0.1) is 14.8 Å². The lowest BCUT2D eigenvalue weighted by molar-refractivity contribution is -0.384. The van der Waals surface area contributed by atoms with Gasteiger partial charge in [0.2, 0.25) is 0 Å². The first-order valence-electron chi connectivity index (χ1n) is 6.83. The Kier molecular flexibility index (Phi) is 5.60. The fourth-order valence-corrected chi connectivity index (χ4v) is 2.76. The third-order valence-electron chi connectivity index (χ3n) is 3.03. The average molecular weight is 385 g/mol. The highest BCUT2D eigenvalue weighted by Gasteiger charge is 2.13. The predicted octanol–water partition coefficient (Wildman–Crippen LogP) is 2.67. The molecule has 132 valence electrons. The molecule has 0 unspecified atom stereocenters. The van der Waals surface area contributed by atoms with Gasteiger partial charge in [-0.25, -0.2) is 8.42 Å². The molecule has 1 N–H and O–H groups in total. The van der Waals surface area contributed by atoms with Crippen LogP contribution in [0.4, 0.5) is 11.4 Å². The number of carbonyl (C=O) groups is 1. The van der Waals surface area contributed by atoms with E-state index in [9.17, 15) is 23.3 Å². The molecule has 0 aliphatic rings. The minimum atomic E-state index is -3.39. The summed E-state index contributed by atoms with van der Waals surface area (Å²) in [7, 11) is -3.39. The fraction of sp³-hybridized carbons (Fsp3) is 0.133. The molecular formula is C15H13ClN2O6S. The zero-order valence-electron chi connectivity index (χ0n) is 12.9. The molecule has 0 aromatic heterocycles. The maximum atomic E-state index is 11.9. The van der Waals surface area contributed by atoms with Crippen LogP contribution in [-0.2, 0) is 14.6 Å². The third-order valence-corrected chi connectivity index (χ3v) is 4.44. The fourth-order valence-electron chi connectivity index (χ4n) is 1.87. The minimum absolute atomic E-state index is 0.000994. The second kappa shape index (κ2) is 7.49. The van der Waals surface area contributed by atoms with E-state index in [2.05, 4.69) is 5.32 Å². The number of nitrogens with zero attached hydrogens (tertiary/aromatic N) is 1. The van der Waals surface area contributed by atoms with E-state index in [0.717, 1.165) is 12.3 Å². The quantitative estimate of drug-likeness (QED) is 0.604. The first-order chi connectivity index (χ1) is 11.7. The van der Waals surface area contributed by atoms with Crippen molar-refractivity contribution in [3.8, 4) is 5.75 Å². The van der Waals surface area contributed by atoms with Crippen LogP contribution >= 0.6 is 11.6 Å². The molecular weight excluding hydrogens is 372 g/mol. The normalized spacial score (nSPS) is 11.0. The Morgan fingerprint density at radius 2 is 2.00 bits per heavy atom. The van der Waals surface area contributed by atoms with Gasteiger partial charge in [0.15, 0.2) is 16.4 Å². The molecule has 0 heterocycles. The van der Waals surface area contributed by atoms with Gasteiger partial charge in [0.25, 0.3) is 11.6 Å². The number of benzene rings is 2. The van der Waals surface area contributed by atoms with E-state index in [-0.39, 0.29) is 21.4 Å². The van der Waals surface area contributed by atoms with E-state index in [1.807, 2.05) is 0 Å². The van der Waals surface area contributed by atoms with E-state index in [1.54, 1.807) is 0 Å². The molecule has 0 saturated heterocycles. The van der Waals surface area contributed by atoms with Crippen LogP contribution in [0.1, 0.15) is 0 Å². The maximum Gasteiger partial charge on any atom is 0.271 e. The highest BCUT2D eigenvalue weighted by molar-refractivity contribution is 7.90. The number of carbonyl (C=O) groups excluding carboxylic acids is 1. The molecule has 0 fully saturated rings. The van der Waals surface area contributed by atoms with Gasteiger partial charge >= 0.3 is 0 Å². The largest absolute Gasteiger partial charge is 0.482 e. The van der Waals surface area contributed by atoms with Gasteiger partial charge in [-0.05, 0) is 24.3 Å². The number of ether oxygens (including phenoxy) is 1. The number of nitrogens with one attached hydrogen (secondary N) is 1. The van der Waals surface area contributed by atoms with E-state index in [1.165, 1.54) is 36.4 Å². The van der Waals surface area contributed by atoms with E-state index in [4.69, 9.17) is 16.3 Å². The van der Waals surface area contributed by atoms with Crippen molar-refractivity contribution in [1.29, 1.82) is 0 Å². The van der Waals surface area contributed by atoms with Gasteiger partial charge in [-0.1, -0.05) is 17.7 Å². The van der Waals surface area contributed by atoms with Crippen LogP contribution in [0.2, 0.25) is 5.02 Å². The van der Waals surface area contributed by atoms with E-state index < -0.39 is 27.3 Å². The lowest BCUT2D eigenvalue weighted by atomic mass is 10.3. The van der Waals surface area contributed by atoms with Gasteiger partial charge in [-0.15, -0.1) is 0 Å². The Balaban J connectivity index is 2.01. The Bertz CT molecular complexity index is 929. The number of halogens is 1. The summed E-state index contributed by atoms with van der Waals surface area (Å²) >= 11 is 5.86. The molecule has 0 aliphatic heterocycles. The molecule has 8 nitrogen and oxygen atoms in total. The van der Waals surface area contributed by atoms with E-state index in [0.29, 0.717) is 5.69 Å². The lowest BCUT2D eigenvalue weighted by Gasteiger charge is -2.09. The summed E-state index contributed by atoms with van der Waals surface area (Å²) in [5.41, 5.74) is 0.103. The zero-order valence-corrected chi connectivity index (χ0v) is 14.5. The number of hydrogen-bond acceptors (Lipinski definition) is 6. The van der Waals surface area contributed by atoms with Gasteiger partial charge in [-0.3, -0.25) is 14.9 Å². The van der Waals surface area contributed by atoms with Crippen LogP contribution in [0.3, 0.4) is 0 Å². The SMILES string of the molecule is CS(=O)(=O)c1cccc(NC(=O)COc2ccc([N+](=O)[O-])cc2Cl)c1. The summed E-state index contributed by atoms with van der Waals surface area (Å²) in [6.45, 7) is -0.402. The monoisotopic (exact) mass is 384 g/mol. The van der Waals surface area contributed by atoms with Crippen LogP contribution in [0.15, 0.2) is 47.4 Å². The zero-order chi connectivity index (χ0) is 18.6. The van der Waals surface area contributed by atoms with Crippen molar-refractivity contribution in [2.24, 2.45) is 0 Å². The summed E-state index contributed by atoms with van der Waals surface area (Å²) in [6.07, 6.45) is 1.06. The summed E-state index contributed by atoms with van der Waals surface area (Å²) in [6, 6.07) is 9.38. The first kappa shape index (κ1) is 18.7. The molecule has 25 heavy (non-hydrogen) atoms. The highest BCUT2D eigenvalue weighted by atomic mass is 35.5. The van der Waals surface area contributed by atoms with Gasteiger partial charge in [0, 0.05) is 24.1 Å². The molecule has 0 aliphatic carbocycles. The number of non-ortho nitro benzene ring substituents is 1. The maximum absolute atomic E-state index is 11.9. The van der Waals surface area contributed by atoms with E-state index >= 15 is 0 Å². The molecule has 10 heteroatoms. The summed E-state index contributed by atoms with van der Waals surface area (Å²) in [5.74, 6) is -0.424. The topological polar surface area (TPSA) is 116 Å². The summed E-state index contributed by atoms with van der Waals surface area (Å²) in [4.78, 5) is 22.0. The Labute approximate surface area is 148 Å². The van der Waals surface area contributed by atoms with Crippen LogP contribution in [0.5, 0.6) is 5.75 Å². The average Bonchev–Trinajstić information content (AvgIpc) is 2.53. The number of nitro groups is 1. The molecule has 2 aromatic rings. The van der Waals surface area contributed by atoms with Gasteiger partial charge < -0.3 is 10.1 Å². The first-order valence-corrected chi connectivity index (χ1v) is 9.10. The van der Waals surface area contributed by atoms with Crippen molar-refractivity contribution in [3.63, 3.8) is 0 Å². The van der Waals surface area contributed by atoms with Crippen molar-refractivity contribution in [2.75, 3.05) is 18.2 Å². The van der Waals surface area contributed by atoms with Crippen molar-refractivity contribution in [3.05, 3.63) is 57.6 Å². The molecule has 2 aromatic carbocycles. The Hall–Kier alpha value is -2.65. The molecule has 0 bridgehead atoms. The Morgan fingerprint density at radius 1 is 1.28 bits per heavy atom. The van der Waals surface area contributed by atoms with Crippen LogP contribution in [0, 0.1) is 10.1 Å². The molecule has 1 amide bonds. The third kappa shape index (κ3) is 5.16. The van der Waals surface area contributed by atoms with Gasteiger partial charge in [0.1, 0.15) is 5.75 Å². The molecule has 0 spiro atoms. The number of sulfone groups is 1. The van der Waals surface area contributed by atoms with Crippen LogP contribution < -0.4 is 10.1 Å². The number of hydrogen-bond donors (Lipinski definition) is 1. The summed E-state index contributed by atoms with van der Waals surface area (Å²) in [5, 5.41) is 13.1. The Morgan fingerprint density at radius 3 is 2.60 bits per heavy atom. The van der Waals surface area contributed by atoms with Crippen LogP contribution in [0.25, 0.3) is 0 Å². The highest BCUT2D eigenvalue weighted by Crippen LogP contribution is 2.28. The standard InChI is InChI=1S/C15H13ClN2O6S/c1-25(22,23)12-4-2-3-10(7-12)17-15(19)9-24-14-6-5-11(18(20)21)8-13(14)16/h2-8H,9H2,1H3,(H,17,19). The molecule has 2 rings (SSSR count). The second-order valence-corrected chi connectivity index (χ2v) is 7.43. The van der Waals surface area contributed by atoms with Crippen molar-refractivity contribution in [1.82, 2.24) is 0 Å². The molecule has 0 radical (unpaired) electrons. The molecule has 0 atom stereocenters.